The topological polar surface area (TPSA) is 49.6 Å². The van der Waals surface area contributed by atoms with Crippen LogP contribution in [0.1, 0.15) is 19.4 Å². The minimum absolute atomic E-state index is 0.0522. The molecule has 104 valence electrons. The van der Waals surface area contributed by atoms with Crippen molar-refractivity contribution in [3.05, 3.63) is 23.8 Å². The number of nitrogens with two attached hydrogens (primary N) is 1. The van der Waals surface area contributed by atoms with Gasteiger partial charge in [-0.3, -0.25) is 0 Å². The number of likely N-dealkylation sites (N-methyl/N-ethyl adjacent to an activating group) is 1. The molecule has 1 unspecified atom stereocenters. The summed E-state index contributed by atoms with van der Waals surface area (Å²) in [6.45, 7) is 5.98. The van der Waals surface area contributed by atoms with Gasteiger partial charge in [0.05, 0.1) is 6.04 Å². The molecule has 0 aromatic heterocycles. The molecule has 4 nitrogen and oxygen atoms in total. The van der Waals surface area contributed by atoms with Crippen LogP contribution in [0.25, 0.3) is 0 Å². The Labute approximate surface area is 115 Å². The van der Waals surface area contributed by atoms with Crippen molar-refractivity contribution in [3.8, 4) is 0 Å². The Morgan fingerprint density at radius 3 is 2.74 bits per heavy atom. The lowest BCUT2D eigenvalue weighted by Crippen LogP contribution is -2.44. The summed E-state index contributed by atoms with van der Waals surface area (Å²) in [5, 5.41) is 0. The first-order chi connectivity index (χ1) is 8.85. The average Bonchev–Trinajstić information content (AvgIpc) is 2.57. The zero-order valence-corrected chi connectivity index (χ0v) is 12.2. The van der Waals surface area contributed by atoms with Gasteiger partial charge in [-0.15, -0.1) is 0 Å². The molecular weight excluding hydrogens is 238 g/mol. The van der Waals surface area contributed by atoms with E-state index >= 15 is 0 Å². The van der Waals surface area contributed by atoms with E-state index in [9.17, 15) is 4.79 Å². The minimum atomic E-state index is -0.127. The maximum atomic E-state index is 11.4. The smallest absolute Gasteiger partial charge is 0.143 e. The number of rotatable bonds is 4. The van der Waals surface area contributed by atoms with Gasteiger partial charge in [-0.2, -0.15) is 0 Å². The molecular formula is C15H23N3O. The van der Waals surface area contributed by atoms with Crippen molar-refractivity contribution in [1.29, 1.82) is 0 Å². The molecule has 1 aromatic carbocycles. The Morgan fingerprint density at radius 2 is 2.16 bits per heavy atom. The zero-order chi connectivity index (χ0) is 14.2. The van der Waals surface area contributed by atoms with Crippen LogP contribution in [-0.2, 0) is 10.2 Å². The van der Waals surface area contributed by atoms with Crippen LogP contribution in [0.15, 0.2) is 18.2 Å². The third-order valence-electron chi connectivity index (χ3n) is 3.74. The Hall–Kier alpha value is -1.55. The van der Waals surface area contributed by atoms with Crippen molar-refractivity contribution in [3.63, 3.8) is 0 Å². The molecule has 4 heteroatoms. The second kappa shape index (κ2) is 4.85. The van der Waals surface area contributed by atoms with Gasteiger partial charge in [0, 0.05) is 29.9 Å². The van der Waals surface area contributed by atoms with E-state index in [0.717, 1.165) is 24.2 Å². The standard InChI is InChI=1S/C15H23N3O/c1-15(2)10-18(12(9-19)8-17(3)4)14-7-11(16)5-6-13(14)15/h5-7,9,12H,8,10,16H2,1-4H3. The number of carbonyl (C=O) groups excluding carboxylic acids is 1. The Balaban J connectivity index is 2.40. The molecule has 0 amide bonds. The summed E-state index contributed by atoms with van der Waals surface area (Å²) >= 11 is 0. The van der Waals surface area contributed by atoms with Crippen molar-refractivity contribution in [1.82, 2.24) is 4.90 Å². The third kappa shape index (κ3) is 2.59. The second-order valence-corrected chi connectivity index (χ2v) is 6.25. The molecule has 0 radical (unpaired) electrons. The van der Waals surface area contributed by atoms with E-state index in [1.54, 1.807) is 0 Å². The normalized spacial score (nSPS) is 18.5. The van der Waals surface area contributed by atoms with E-state index in [4.69, 9.17) is 5.73 Å². The van der Waals surface area contributed by atoms with Crippen molar-refractivity contribution in [2.24, 2.45) is 0 Å². The molecule has 1 atom stereocenters. The molecule has 1 aliphatic rings. The predicted molar refractivity (Wildman–Crippen MR) is 79.6 cm³/mol. The van der Waals surface area contributed by atoms with Crippen LogP contribution in [0.2, 0.25) is 0 Å². The number of carbonyl (C=O) groups is 1. The summed E-state index contributed by atoms with van der Waals surface area (Å²) in [5.74, 6) is 0. The maximum Gasteiger partial charge on any atom is 0.143 e. The van der Waals surface area contributed by atoms with Gasteiger partial charge < -0.3 is 20.3 Å². The molecule has 0 saturated heterocycles. The van der Waals surface area contributed by atoms with Gasteiger partial charge in [0.15, 0.2) is 0 Å². The van der Waals surface area contributed by atoms with Crippen molar-refractivity contribution < 1.29 is 4.79 Å². The molecule has 1 aliphatic heterocycles. The molecule has 0 fully saturated rings. The first-order valence-electron chi connectivity index (χ1n) is 6.62. The van der Waals surface area contributed by atoms with Crippen LogP contribution in [0.4, 0.5) is 11.4 Å². The van der Waals surface area contributed by atoms with E-state index in [1.165, 1.54) is 5.56 Å². The lowest BCUT2D eigenvalue weighted by Gasteiger charge is -2.29. The fourth-order valence-corrected chi connectivity index (χ4v) is 2.84. The molecule has 0 aliphatic carbocycles. The highest BCUT2D eigenvalue weighted by molar-refractivity contribution is 5.74. The molecule has 0 bridgehead atoms. The number of nitrogens with zero attached hydrogens (tertiary/aromatic N) is 2. The number of anilines is 2. The van der Waals surface area contributed by atoms with Gasteiger partial charge in [-0.25, -0.2) is 0 Å². The summed E-state index contributed by atoms with van der Waals surface area (Å²) in [6, 6.07) is 5.88. The van der Waals surface area contributed by atoms with Crippen molar-refractivity contribution >= 4 is 17.7 Å². The van der Waals surface area contributed by atoms with Crippen LogP contribution in [-0.4, -0.2) is 44.4 Å². The minimum Gasteiger partial charge on any atom is -0.399 e. The van der Waals surface area contributed by atoms with Crippen LogP contribution < -0.4 is 10.6 Å². The number of aldehydes is 1. The molecule has 2 rings (SSSR count). The molecule has 0 saturated carbocycles. The second-order valence-electron chi connectivity index (χ2n) is 6.25. The van der Waals surface area contributed by atoms with Crippen LogP contribution >= 0.6 is 0 Å². The highest BCUT2D eigenvalue weighted by Crippen LogP contribution is 2.42. The van der Waals surface area contributed by atoms with Gasteiger partial charge in [-0.05, 0) is 31.8 Å². The van der Waals surface area contributed by atoms with E-state index in [-0.39, 0.29) is 11.5 Å². The monoisotopic (exact) mass is 261 g/mol. The van der Waals surface area contributed by atoms with E-state index in [2.05, 4.69) is 24.8 Å². The summed E-state index contributed by atoms with van der Waals surface area (Å²) in [5.41, 5.74) is 9.07. The fraction of sp³-hybridized carbons (Fsp3) is 0.533. The van der Waals surface area contributed by atoms with Crippen LogP contribution in [0, 0.1) is 0 Å². The van der Waals surface area contributed by atoms with E-state index < -0.39 is 0 Å². The first kappa shape index (κ1) is 13.9. The highest BCUT2D eigenvalue weighted by atomic mass is 16.1. The molecule has 1 aromatic rings. The zero-order valence-electron chi connectivity index (χ0n) is 12.2. The molecule has 2 N–H and O–H groups in total. The number of fused-ring (bicyclic) bond motifs is 1. The lowest BCUT2D eigenvalue weighted by molar-refractivity contribution is -0.109. The quantitative estimate of drug-likeness (QED) is 0.659. The summed E-state index contributed by atoms with van der Waals surface area (Å²) in [7, 11) is 3.97. The highest BCUT2D eigenvalue weighted by Gasteiger charge is 2.38. The average molecular weight is 261 g/mol. The van der Waals surface area contributed by atoms with Gasteiger partial charge in [0.25, 0.3) is 0 Å². The Bertz CT molecular complexity index is 482. The number of hydrogen-bond acceptors (Lipinski definition) is 4. The SMILES string of the molecule is CN(C)CC(C=O)N1CC(C)(C)c2ccc(N)cc21. The number of nitrogen functional groups attached to an aromatic ring is 1. The number of benzene rings is 1. The van der Waals surface area contributed by atoms with Crippen molar-refractivity contribution in [2.45, 2.75) is 25.3 Å². The van der Waals surface area contributed by atoms with Gasteiger partial charge >= 0.3 is 0 Å². The fourth-order valence-electron chi connectivity index (χ4n) is 2.84. The van der Waals surface area contributed by atoms with Crippen molar-refractivity contribution in [2.75, 3.05) is 37.8 Å². The third-order valence-corrected chi connectivity index (χ3v) is 3.74. The molecule has 1 heterocycles. The Kier molecular flexibility index (Phi) is 3.54. The van der Waals surface area contributed by atoms with E-state index in [1.807, 2.05) is 31.1 Å². The first-order valence-corrected chi connectivity index (χ1v) is 6.62. The van der Waals surface area contributed by atoms with E-state index in [0.29, 0.717) is 6.54 Å². The largest absolute Gasteiger partial charge is 0.399 e. The Morgan fingerprint density at radius 1 is 1.47 bits per heavy atom. The van der Waals surface area contributed by atoms with Crippen LogP contribution in [0.5, 0.6) is 0 Å². The molecule has 0 spiro atoms. The van der Waals surface area contributed by atoms with Gasteiger partial charge in [0.1, 0.15) is 6.29 Å². The number of hydrogen-bond donors (Lipinski definition) is 1. The van der Waals surface area contributed by atoms with Crippen LogP contribution in [0.3, 0.4) is 0 Å². The summed E-state index contributed by atoms with van der Waals surface area (Å²) in [6.07, 6.45) is 1.04. The molecule has 19 heavy (non-hydrogen) atoms. The van der Waals surface area contributed by atoms with Gasteiger partial charge in [-0.1, -0.05) is 19.9 Å². The maximum absolute atomic E-state index is 11.4. The lowest BCUT2D eigenvalue weighted by atomic mass is 9.87. The summed E-state index contributed by atoms with van der Waals surface area (Å²) < 4.78 is 0. The predicted octanol–water partition coefficient (Wildman–Crippen LogP) is 1.50. The summed E-state index contributed by atoms with van der Waals surface area (Å²) in [4.78, 5) is 15.7. The van der Waals surface area contributed by atoms with Gasteiger partial charge in [0.2, 0.25) is 0 Å².